The minimum absolute atomic E-state index is 0.424. The Kier molecular flexibility index (Phi) is 2.58. The first-order valence-corrected chi connectivity index (χ1v) is 9.18. The Labute approximate surface area is 146 Å². The molecule has 0 N–H and O–H groups in total. The summed E-state index contributed by atoms with van der Waals surface area (Å²) in [6.07, 6.45) is 9.37. The van der Waals surface area contributed by atoms with E-state index in [2.05, 4.69) is 45.8 Å². The summed E-state index contributed by atoms with van der Waals surface area (Å²) >= 11 is 0. The number of rotatable bonds is 0. The first-order valence-electron chi connectivity index (χ1n) is 9.18. The van der Waals surface area contributed by atoms with Crippen molar-refractivity contribution in [3.8, 4) is 11.5 Å². The molecule has 3 aliphatic heterocycles. The van der Waals surface area contributed by atoms with Crippen molar-refractivity contribution < 1.29 is 18.6 Å². The molecule has 2 aromatic rings. The number of para-hydroxylation sites is 2. The van der Waals surface area contributed by atoms with Crippen LogP contribution in [-0.4, -0.2) is 39.7 Å². The molecular weight excluding hydrogens is 312 g/mol. The van der Waals surface area contributed by atoms with Gasteiger partial charge in [0.25, 0.3) is 0 Å². The van der Waals surface area contributed by atoms with Crippen LogP contribution >= 0.6 is 0 Å². The first kappa shape index (κ1) is 13.6. The van der Waals surface area contributed by atoms with Gasteiger partial charge < -0.3 is 9.47 Å². The van der Waals surface area contributed by atoms with Crippen LogP contribution in [0.15, 0.2) is 48.5 Å². The molecule has 0 amide bonds. The Morgan fingerprint density at radius 3 is 1.72 bits per heavy atom. The molecule has 0 bridgehead atoms. The second-order valence-electron chi connectivity index (χ2n) is 7.32. The molecule has 1 aliphatic carbocycles. The van der Waals surface area contributed by atoms with Gasteiger partial charge in [-0.05, 0) is 37.1 Å². The van der Waals surface area contributed by atoms with Crippen LogP contribution in [0.1, 0.15) is 36.8 Å². The average Bonchev–Trinajstić information content (AvgIpc) is 2.93. The van der Waals surface area contributed by atoms with Crippen molar-refractivity contribution in [1.29, 1.82) is 0 Å². The minimum Gasteiger partial charge on any atom is -0.341 e. The van der Waals surface area contributed by atoms with Gasteiger partial charge in [0.15, 0.2) is 23.9 Å². The van der Waals surface area contributed by atoms with Crippen LogP contribution in [0.5, 0.6) is 11.5 Å². The van der Waals surface area contributed by atoms with E-state index in [1.807, 2.05) is 24.3 Å². The highest BCUT2D eigenvalue weighted by molar-refractivity contribution is 5.82. The van der Waals surface area contributed by atoms with E-state index in [9.17, 15) is 0 Å². The molecular formula is C21H20N2O2+2. The number of fused-ring (bicyclic) bond motifs is 5. The highest BCUT2D eigenvalue weighted by Crippen LogP contribution is 2.43. The van der Waals surface area contributed by atoms with Crippen molar-refractivity contribution in [3.05, 3.63) is 59.7 Å². The summed E-state index contributed by atoms with van der Waals surface area (Å²) < 4.78 is 17.8. The number of hydrogen-bond donors (Lipinski definition) is 0. The first-order chi connectivity index (χ1) is 12.4. The maximum Gasteiger partial charge on any atom is 0.704 e. The molecule has 2 fully saturated rings. The molecule has 0 aromatic heterocycles. The molecule has 2 unspecified atom stereocenters. The highest BCUT2D eigenvalue weighted by Gasteiger charge is 2.76. The molecule has 6 rings (SSSR count). The maximum atomic E-state index is 6.56. The summed E-state index contributed by atoms with van der Waals surface area (Å²) in [5.74, 6) is 1.77. The minimum atomic E-state index is -0.887. The molecule has 0 radical (unpaired) electrons. The van der Waals surface area contributed by atoms with Gasteiger partial charge in [-0.25, -0.2) is 0 Å². The van der Waals surface area contributed by atoms with Crippen molar-refractivity contribution in [2.75, 3.05) is 0 Å². The molecule has 2 atom stereocenters. The smallest absolute Gasteiger partial charge is 0.341 e. The van der Waals surface area contributed by atoms with Gasteiger partial charge in [-0.15, -0.1) is 0 Å². The molecule has 124 valence electrons. The zero-order chi connectivity index (χ0) is 16.4. The van der Waals surface area contributed by atoms with E-state index in [0.29, 0.717) is 12.1 Å². The Hall–Kier alpha value is -2.62. The quantitative estimate of drug-likeness (QED) is 0.693. The van der Waals surface area contributed by atoms with E-state index in [4.69, 9.17) is 9.47 Å². The lowest BCUT2D eigenvalue weighted by molar-refractivity contribution is -0.865. The molecule has 1 saturated carbocycles. The second kappa shape index (κ2) is 4.72. The molecule has 4 heteroatoms. The largest absolute Gasteiger partial charge is 0.704 e. The van der Waals surface area contributed by atoms with Crippen LogP contribution in [0, 0.1) is 0 Å². The zero-order valence-electron chi connectivity index (χ0n) is 14.0. The lowest BCUT2D eigenvalue weighted by atomic mass is 9.91. The predicted octanol–water partition coefficient (Wildman–Crippen LogP) is 2.97. The van der Waals surface area contributed by atoms with Gasteiger partial charge in [-0.1, -0.05) is 33.4 Å². The standard InChI is InChI=1S/C21H20N2O2/c1-5-11-19-15(7-1)13-22-17-9-3-4-10-18(17)23-14-16-8-2-6-12-20(16)25-21(22,23)24-19/h1-2,5-8,11-14,17-18H,3-4,9-10H2/q+2. The van der Waals surface area contributed by atoms with E-state index in [1.165, 1.54) is 25.7 Å². The normalized spacial score (nSPS) is 31.0. The fourth-order valence-corrected chi connectivity index (χ4v) is 4.83. The van der Waals surface area contributed by atoms with E-state index in [-0.39, 0.29) is 0 Å². The van der Waals surface area contributed by atoms with Gasteiger partial charge in [-0.3, -0.25) is 0 Å². The van der Waals surface area contributed by atoms with Crippen molar-refractivity contribution in [3.63, 3.8) is 0 Å². The second-order valence-corrected chi connectivity index (χ2v) is 7.32. The van der Waals surface area contributed by atoms with Gasteiger partial charge in [0.1, 0.15) is 0 Å². The Morgan fingerprint density at radius 2 is 1.20 bits per heavy atom. The van der Waals surface area contributed by atoms with Crippen molar-refractivity contribution in [2.24, 2.45) is 0 Å². The van der Waals surface area contributed by atoms with Crippen LogP contribution in [0.3, 0.4) is 0 Å². The highest BCUT2D eigenvalue weighted by atomic mass is 16.7. The molecule has 4 aliphatic rings. The zero-order valence-corrected chi connectivity index (χ0v) is 14.0. The molecule has 1 saturated heterocycles. The lowest BCUT2D eigenvalue weighted by Crippen LogP contribution is -2.60. The summed E-state index contributed by atoms with van der Waals surface area (Å²) in [6.45, 7) is 0. The summed E-state index contributed by atoms with van der Waals surface area (Å²) in [4.78, 5) is 0. The van der Waals surface area contributed by atoms with Gasteiger partial charge in [-0.2, -0.15) is 0 Å². The predicted molar refractivity (Wildman–Crippen MR) is 93.8 cm³/mol. The fraction of sp³-hybridized carbons (Fsp3) is 0.333. The van der Waals surface area contributed by atoms with E-state index >= 15 is 0 Å². The summed E-state index contributed by atoms with van der Waals surface area (Å²) in [7, 11) is 0. The molecule has 25 heavy (non-hydrogen) atoms. The topological polar surface area (TPSA) is 24.5 Å². The number of nitrogens with zero attached hydrogens (tertiary/aromatic N) is 2. The number of ether oxygens (including phenoxy) is 2. The van der Waals surface area contributed by atoms with Crippen LogP contribution < -0.4 is 9.47 Å². The average molecular weight is 332 g/mol. The number of benzene rings is 2. The molecule has 3 heterocycles. The van der Waals surface area contributed by atoms with E-state index in [0.717, 1.165) is 22.6 Å². The lowest BCUT2D eigenvalue weighted by Gasteiger charge is -2.27. The third-order valence-electron chi connectivity index (χ3n) is 5.94. The van der Waals surface area contributed by atoms with Crippen LogP contribution in [-0.2, 0) is 0 Å². The van der Waals surface area contributed by atoms with Crippen molar-refractivity contribution >= 4 is 12.4 Å². The van der Waals surface area contributed by atoms with Gasteiger partial charge in [0.2, 0.25) is 12.1 Å². The maximum absolute atomic E-state index is 6.56. The Morgan fingerprint density at radius 1 is 0.720 bits per heavy atom. The summed E-state index contributed by atoms with van der Waals surface area (Å²) in [5, 5.41) is 0. The van der Waals surface area contributed by atoms with Crippen LogP contribution in [0.25, 0.3) is 0 Å². The van der Waals surface area contributed by atoms with E-state index in [1.54, 1.807) is 0 Å². The van der Waals surface area contributed by atoms with Gasteiger partial charge >= 0.3 is 6.03 Å². The van der Waals surface area contributed by atoms with Crippen LogP contribution in [0.4, 0.5) is 0 Å². The Balaban J connectivity index is 1.61. The third-order valence-corrected chi connectivity index (χ3v) is 5.94. The summed E-state index contributed by atoms with van der Waals surface area (Å²) in [6, 6.07) is 16.4. The van der Waals surface area contributed by atoms with E-state index < -0.39 is 6.03 Å². The summed E-state index contributed by atoms with van der Waals surface area (Å²) in [5.41, 5.74) is 2.25. The van der Waals surface area contributed by atoms with Crippen molar-refractivity contribution in [1.82, 2.24) is 0 Å². The third kappa shape index (κ3) is 1.72. The van der Waals surface area contributed by atoms with Gasteiger partial charge in [0.05, 0.1) is 11.1 Å². The van der Waals surface area contributed by atoms with Crippen LogP contribution in [0.2, 0.25) is 0 Å². The molecule has 2 aromatic carbocycles. The Bertz CT molecular complexity index is 869. The molecule has 4 nitrogen and oxygen atoms in total. The molecule has 1 spiro atoms. The fourth-order valence-electron chi connectivity index (χ4n) is 4.83. The number of hydrogen-bond acceptors (Lipinski definition) is 2. The monoisotopic (exact) mass is 332 g/mol. The van der Waals surface area contributed by atoms with Crippen molar-refractivity contribution in [2.45, 2.75) is 43.8 Å². The SMILES string of the molecule is C1=[N+]2C3CCCCC3[N+]3=Cc4ccccc4OC23Oc2ccccc21. The van der Waals surface area contributed by atoms with Gasteiger partial charge in [0, 0.05) is 12.8 Å².